The van der Waals surface area contributed by atoms with Crippen LogP contribution >= 0.6 is 0 Å². The summed E-state index contributed by atoms with van der Waals surface area (Å²) in [6.07, 6.45) is 1.95. The maximum atomic E-state index is 12.6. The summed E-state index contributed by atoms with van der Waals surface area (Å²) in [5.74, 6) is 0.260. The lowest BCUT2D eigenvalue weighted by Gasteiger charge is -2.31. The Labute approximate surface area is 142 Å². The molecule has 0 bridgehead atoms. The van der Waals surface area contributed by atoms with E-state index in [1.165, 1.54) is 4.57 Å². The van der Waals surface area contributed by atoms with Gasteiger partial charge in [0.05, 0.1) is 18.3 Å². The van der Waals surface area contributed by atoms with Crippen molar-refractivity contribution in [2.45, 2.75) is 32.1 Å². The first-order chi connectivity index (χ1) is 11.8. The van der Waals surface area contributed by atoms with Crippen molar-refractivity contribution in [3.8, 4) is 0 Å². The Balaban J connectivity index is 1.54. The van der Waals surface area contributed by atoms with Gasteiger partial charge in [-0.3, -0.25) is 14.3 Å². The normalized spacial score (nSPS) is 17.1. The molecular formula is C16H20F3N5O. The second-order valence-electron chi connectivity index (χ2n) is 6.51. The highest BCUT2D eigenvalue weighted by Crippen LogP contribution is 2.26. The lowest BCUT2D eigenvalue weighted by Crippen LogP contribution is -2.36. The van der Waals surface area contributed by atoms with Crippen LogP contribution in [0.2, 0.25) is 0 Å². The van der Waals surface area contributed by atoms with E-state index in [-0.39, 0.29) is 5.92 Å². The van der Waals surface area contributed by atoms with E-state index in [0.29, 0.717) is 12.6 Å². The van der Waals surface area contributed by atoms with Crippen molar-refractivity contribution in [2.75, 3.05) is 13.1 Å². The molecular weight excluding hydrogens is 335 g/mol. The van der Waals surface area contributed by atoms with Crippen molar-refractivity contribution < 1.29 is 13.2 Å². The molecule has 25 heavy (non-hydrogen) atoms. The van der Waals surface area contributed by atoms with Crippen molar-refractivity contribution in [1.29, 1.82) is 0 Å². The van der Waals surface area contributed by atoms with Gasteiger partial charge in [0.2, 0.25) is 0 Å². The van der Waals surface area contributed by atoms with Crippen LogP contribution in [-0.2, 0) is 26.3 Å². The molecule has 1 saturated heterocycles. The van der Waals surface area contributed by atoms with E-state index in [1.807, 2.05) is 17.8 Å². The van der Waals surface area contributed by atoms with Crippen molar-refractivity contribution in [1.82, 2.24) is 24.0 Å². The van der Waals surface area contributed by atoms with Gasteiger partial charge >= 0.3 is 6.18 Å². The number of hydrogen-bond donors (Lipinski definition) is 0. The first kappa shape index (κ1) is 17.7. The minimum atomic E-state index is -4.59. The molecule has 0 radical (unpaired) electrons. The fourth-order valence-electron chi connectivity index (χ4n) is 3.10. The van der Waals surface area contributed by atoms with Gasteiger partial charge < -0.3 is 4.57 Å². The molecule has 1 aliphatic rings. The molecule has 0 amide bonds. The highest BCUT2D eigenvalue weighted by Gasteiger charge is 2.33. The van der Waals surface area contributed by atoms with Gasteiger partial charge in [-0.15, -0.1) is 0 Å². The van der Waals surface area contributed by atoms with Gasteiger partial charge in [-0.05, 0) is 31.8 Å². The summed E-state index contributed by atoms with van der Waals surface area (Å²) in [6.45, 7) is 2.95. The molecule has 1 aliphatic heterocycles. The minimum Gasteiger partial charge on any atom is -0.340 e. The Bertz CT molecular complexity index is 775. The van der Waals surface area contributed by atoms with Crippen LogP contribution in [0.3, 0.4) is 0 Å². The second kappa shape index (κ2) is 6.99. The van der Waals surface area contributed by atoms with Crippen LogP contribution < -0.4 is 5.56 Å². The second-order valence-corrected chi connectivity index (χ2v) is 6.51. The van der Waals surface area contributed by atoms with E-state index >= 15 is 0 Å². The Morgan fingerprint density at radius 2 is 1.92 bits per heavy atom. The molecule has 3 heterocycles. The maximum absolute atomic E-state index is 12.6. The first-order valence-corrected chi connectivity index (χ1v) is 8.14. The summed E-state index contributed by atoms with van der Waals surface area (Å²) in [5, 5.41) is 0. The molecule has 136 valence electrons. The van der Waals surface area contributed by atoms with E-state index < -0.39 is 17.4 Å². The van der Waals surface area contributed by atoms with Crippen LogP contribution in [0.25, 0.3) is 0 Å². The summed E-state index contributed by atoms with van der Waals surface area (Å²) in [5.41, 5.74) is -0.777. The highest BCUT2D eigenvalue weighted by molar-refractivity contribution is 5.03. The average Bonchev–Trinajstić information content (AvgIpc) is 2.95. The molecule has 0 aromatic carbocycles. The van der Waals surface area contributed by atoms with Crippen LogP contribution in [0.15, 0.2) is 29.7 Å². The maximum Gasteiger partial charge on any atom is 0.433 e. The number of nitrogens with zero attached hydrogens (tertiary/aromatic N) is 5. The Morgan fingerprint density at radius 3 is 2.48 bits per heavy atom. The molecule has 0 N–H and O–H groups in total. The summed E-state index contributed by atoms with van der Waals surface area (Å²) in [6, 6.07) is 0.566. The van der Waals surface area contributed by atoms with Crippen LogP contribution in [0.4, 0.5) is 13.2 Å². The Kier molecular flexibility index (Phi) is 4.94. The van der Waals surface area contributed by atoms with Crippen molar-refractivity contribution in [2.24, 2.45) is 13.0 Å². The van der Waals surface area contributed by atoms with Gasteiger partial charge in [0.25, 0.3) is 5.56 Å². The van der Waals surface area contributed by atoms with Crippen molar-refractivity contribution in [3.63, 3.8) is 0 Å². The smallest absolute Gasteiger partial charge is 0.340 e. The quantitative estimate of drug-likeness (QED) is 0.841. The molecule has 2 aromatic rings. The molecule has 6 nitrogen and oxygen atoms in total. The van der Waals surface area contributed by atoms with E-state index in [0.717, 1.165) is 44.5 Å². The van der Waals surface area contributed by atoms with E-state index in [9.17, 15) is 18.0 Å². The third-order valence-electron chi connectivity index (χ3n) is 4.48. The number of halogens is 3. The molecule has 0 saturated carbocycles. The Hall–Kier alpha value is -2.16. The third kappa shape index (κ3) is 4.47. The molecule has 0 atom stereocenters. The fraction of sp³-hybridized carbons (Fsp3) is 0.562. The zero-order valence-corrected chi connectivity index (χ0v) is 13.9. The molecule has 0 spiro atoms. The summed E-state index contributed by atoms with van der Waals surface area (Å²) < 4.78 is 40.9. The molecule has 0 aliphatic carbocycles. The van der Waals surface area contributed by atoms with E-state index in [1.54, 1.807) is 6.33 Å². The monoisotopic (exact) mass is 355 g/mol. The minimum absolute atomic E-state index is 0.260. The van der Waals surface area contributed by atoms with Gasteiger partial charge in [0.1, 0.15) is 0 Å². The van der Waals surface area contributed by atoms with Crippen molar-refractivity contribution >= 4 is 0 Å². The number of imidazole rings is 1. The first-order valence-electron chi connectivity index (χ1n) is 8.14. The molecule has 9 heteroatoms. The highest BCUT2D eigenvalue weighted by atomic mass is 19.4. The predicted octanol–water partition coefficient (Wildman–Crippen LogP) is 1.91. The van der Waals surface area contributed by atoms with Crippen LogP contribution in [0.5, 0.6) is 0 Å². The standard InChI is InChI=1S/C16H20F3N5O/c1-22-8-13(20-10-22)9-23-4-2-12(3-5-23)7-24-11-21-14(6-15(24)25)16(17,18)19/h6,8,10-12H,2-5,7,9H2,1H3. The third-order valence-corrected chi connectivity index (χ3v) is 4.48. The zero-order valence-electron chi connectivity index (χ0n) is 13.9. The van der Waals surface area contributed by atoms with Gasteiger partial charge in [0, 0.05) is 32.4 Å². The van der Waals surface area contributed by atoms with Gasteiger partial charge in [-0.2, -0.15) is 13.2 Å². The SMILES string of the molecule is Cn1cnc(CN2CCC(Cn3cnc(C(F)(F)F)cc3=O)CC2)c1. The summed E-state index contributed by atoms with van der Waals surface area (Å²) in [7, 11) is 1.93. The van der Waals surface area contributed by atoms with Crippen molar-refractivity contribution in [3.05, 3.63) is 46.7 Å². The number of aromatic nitrogens is 4. The lowest BCUT2D eigenvalue weighted by molar-refractivity contribution is -0.141. The predicted molar refractivity (Wildman–Crippen MR) is 84.7 cm³/mol. The molecule has 0 unspecified atom stereocenters. The van der Waals surface area contributed by atoms with E-state index in [2.05, 4.69) is 14.9 Å². The molecule has 3 rings (SSSR count). The number of hydrogen-bond acceptors (Lipinski definition) is 4. The summed E-state index contributed by atoms with van der Waals surface area (Å²) >= 11 is 0. The number of aryl methyl sites for hydroxylation is 1. The number of likely N-dealkylation sites (tertiary alicyclic amines) is 1. The molecule has 2 aromatic heterocycles. The van der Waals surface area contributed by atoms with Gasteiger partial charge in [0.15, 0.2) is 5.69 Å². The van der Waals surface area contributed by atoms with Gasteiger partial charge in [-0.1, -0.05) is 0 Å². The van der Waals surface area contributed by atoms with E-state index in [4.69, 9.17) is 0 Å². The number of piperidine rings is 1. The van der Waals surface area contributed by atoms with Crippen LogP contribution in [-0.4, -0.2) is 37.1 Å². The van der Waals surface area contributed by atoms with Crippen LogP contribution in [0.1, 0.15) is 24.2 Å². The van der Waals surface area contributed by atoms with Gasteiger partial charge in [-0.25, -0.2) is 9.97 Å². The summed E-state index contributed by atoms with van der Waals surface area (Å²) in [4.78, 5) is 21.8. The lowest BCUT2D eigenvalue weighted by atomic mass is 9.96. The zero-order chi connectivity index (χ0) is 18.0. The average molecular weight is 355 g/mol. The number of rotatable bonds is 4. The molecule has 1 fully saturated rings. The topological polar surface area (TPSA) is 56.0 Å². The Morgan fingerprint density at radius 1 is 1.20 bits per heavy atom. The number of alkyl halides is 3. The largest absolute Gasteiger partial charge is 0.433 e. The van der Waals surface area contributed by atoms with Crippen LogP contribution in [0, 0.1) is 5.92 Å². The fourth-order valence-corrected chi connectivity index (χ4v) is 3.10.